The van der Waals surface area contributed by atoms with E-state index in [0.717, 1.165) is 5.52 Å². The Morgan fingerprint density at radius 2 is 1.87 bits per heavy atom. The lowest BCUT2D eigenvalue weighted by atomic mass is 10.2. The zero-order valence-electron chi connectivity index (χ0n) is 9.53. The van der Waals surface area contributed by atoms with Gasteiger partial charge in [-0.25, -0.2) is 0 Å². The lowest BCUT2D eigenvalue weighted by molar-refractivity contribution is 1.09. The third-order valence-corrected chi connectivity index (χ3v) is 2.62. The topological polar surface area (TPSA) is 12.9 Å². The minimum atomic E-state index is 1.07. The normalized spacial score (nSPS) is 9.53. The van der Waals surface area contributed by atoms with Crippen LogP contribution in [0.25, 0.3) is 10.9 Å². The van der Waals surface area contributed by atoms with Crippen LogP contribution in [0.4, 0.5) is 0 Å². The molecular weight excluding hydrogens is 202 g/mol. The van der Waals surface area contributed by atoms with Crippen LogP contribution in [0.5, 0.6) is 0 Å². The number of benzene rings is 1. The van der Waals surface area contributed by atoms with Gasteiger partial charge in [-0.15, -0.1) is 11.8 Å². The smallest absolute Gasteiger partial charge is 0.0713 e. The number of thioether (sulfide) groups is 1. The van der Waals surface area contributed by atoms with Gasteiger partial charge in [0.15, 0.2) is 0 Å². The van der Waals surface area contributed by atoms with Crippen molar-refractivity contribution < 1.29 is 0 Å². The zero-order valence-corrected chi connectivity index (χ0v) is 10.3. The molecule has 0 aliphatic carbocycles. The Morgan fingerprint density at radius 3 is 2.53 bits per heavy atom. The summed E-state index contributed by atoms with van der Waals surface area (Å²) >= 11 is 1.76. The molecule has 0 bridgehead atoms. The molecule has 0 saturated heterocycles. The molecule has 80 valence electrons. The number of rotatable bonds is 1. The second-order valence-corrected chi connectivity index (χ2v) is 4.09. The summed E-state index contributed by atoms with van der Waals surface area (Å²) in [7, 11) is 0. The van der Waals surface area contributed by atoms with Crippen molar-refractivity contribution in [2.24, 2.45) is 0 Å². The Bertz CT molecular complexity index is 407. The summed E-state index contributed by atoms with van der Waals surface area (Å²) in [6.45, 7) is 4.25. The van der Waals surface area contributed by atoms with Crippen molar-refractivity contribution >= 4 is 22.7 Å². The van der Waals surface area contributed by atoms with Crippen molar-refractivity contribution in [2.75, 3.05) is 6.26 Å². The van der Waals surface area contributed by atoms with Crippen LogP contribution in [0, 0.1) is 0 Å². The van der Waals surface area contributed by atoms with Gasteiger partial charge in [-0.2, -0.15) is 0 Å². The first-order chi connectivity index (χ1) is 7.33. The van der Waals surface area contributed by atoms with Gasteiger partial charge in [0.05, 0.1) is 5.52 Å². The van der Waals surface area contributed by atoms with E-state index in [1.807, 2.05) is 24.4 Å². The molecule has 1 aromatic heterocycles. The Kier molecular flexibility index (Phi) is 5.19. The van der Waals surface area contributed by atoms with Crippen LogP contribution in [-0.2, 0) is 0 Å². The molecule has 1 nitrogen and oxygen atoms in total. The molecule has 1 aromatic carbocycles. The monoisotopic (exact) mass is 219 g/mol. The molecule has 0 saturated carbocycles. The fraction of sp³-hybridized carbons (Fsp3) is 0.308. The molecule has 1 heterocycles. The summed E-state index contributed by atoms with van der Waals surface area (Å²) in [6, 6.07) is 10.3. The molecule has 0 unspecified atom stereocenters. The number of pyridine rings is 1. The summed E-state index contributed by atoms with van der Waals surface area (Å²) < 4.78 is 0. The molecule has 0 atom stereocenters. The molecule has 2 rings (SSSR count). The number of hydrogen-bond acceptors (Lipinski definition) is 2. The van der Waals surface area contributed by atoms with Gasteiger partial charge in [-0.3, -0.25) is 4.98 Å². The standard InChI is InChI=1S/C10H9NS.C3H8/c1-12-10-6-2-5-9-8(10)4-3-7-11-9;1-3-2/h2-7H,1H3;3H2,1-2H3. The van der Waals surface area contributed by atoms with E-state index in [9.17, 15) is 0 Å². The van der Waals surface area contributed by atoms with Crippen LogP contribution in [-0.4, -0.2) is 11.2 Å². The average Bonchev–Trinajstić information content (AvgIpc) is 2.29. The van der Waals surface area contributed by atoms with Crippen LogP contribution in [0.15, 0.2) is 41.4 Å². The van der Waals surface area contributed by atoms with Gasteiger partial charge in [0.2, 0.25) is 0 Å². The number of aromatic nitrogens is 1. The zero-order chi connectivity index (χ0) is 11.1. The number of nitrogens with zero attached hydrogens (tertiary/aromatic N) is 1. The largest absolute Gasteiger partial charge is 0.256 e. The van der Waals surface area contributed by atoms with Crippen molar-refractivity contribution in [3.63, 3.8) is 0 Å². The molecule has 0 fully saturated rings. The van der Waals surface area contributed by atoms with Crippen LogP contribution >= 0.6 is 11.8 Å². The van der Waals surface area contributed by atoms with Gasteiger partial charge in [-0.05, 0) is 24.5 Å². The quantitative estimate of drug-likeness (QED) is 0.660. The van der Waals surface area contributed by atoms with E-state index in [2.05, 4.69) is 37.2 Å². The van der Waals surface area contributed by atoms with Gasteiger partial charge < -0.3 is 0 Å². The van der Waals surface area contributed by atoms with E-state index in [4.69, 9.17) is 0 Å². The van der Waals surface area contributed by atoms with Gasteiger partial charge in [0.1, 0.15) is 0 Å². The maximum Gasteiger partial charge on any atom is 0.0713 e. The third kappa shape index (κ3) is 3.24. The van der Waals surface area contributed by atoms with Crippen molar-refractivity contribution in [1.29, 1.82) is 0 Å². The molecule has 2 aromatic rings. The maximum absolute atomic E-state index is 4.28. The molecule has 2 heteroatoms. The van der Waals surface area contributed by atoms with Gasteiger partial charge in [0, 0.05) is 16.5 Å². The van der Waals surface area contributed by atoms with E-state index < -0.39 is 0 Å². The minimum absolute atomic E-state index is 1.07. The van der Waals surface area contributed by atoms with Crippen molar-refractivity contribution in [3.8, 4) is 0 Å². The van der Waals surface area contributed by atoms with E-state index in [1.54, 1.807) is 11.8 Å². The first-order valence-corrected chi connectivity index (χ1v) is 6.43. The second kappa shape index (κ2) is 6.46. The maximum atomic E-state index is 4.28. The number of fused-ring (bicyclic) bond motifs is 1. The summed E-state index contributed by atoms with van der Waals surface area (Å²) in [5.41, 5.74) is 1.07. The Morgan fingerprint density at radius 1 is 1.13 bits per heavy atom. The molecule has 0 aliphatic rings. The molecule has 0 amide bonds. The molecule has 0 radical (unpaired) electrons. The first-order valence-electron chi connectivity index (χ1n) is 5.21. The van der Waals surface area contributed by atoms with Gasteiger partial charge in [0.25, 0.3) is 0 Å². The Hall–Kier alpha value is -1.02. The highest BCUT2D eigenvalue weighted by molar-refractivity contribution is 7.98. The van der Waals surface area contributed by atoms with Crippen LogP contribution in [0.1, 0.15) is 20.3 Å². The van der Waals surface area contributed by atoms with Crippen molar-refractivity contribution in [1.82, 2.24) is 4.98 Å². The second-order valence-electron chi connectivity index (χ2n) is 3.24. The minimum Gasteiger partial charge on any atom is -0.256 e. The summed E-state index contributed by atoms with van der Waals surface area (Å²) in [6.07, 6.45) is 5.16. The fourth-order valence-electron chi connectivity index (χ4n) is 1.25. The molecule has 0 N–H and O–H groups in total. The van der Waals surface area contributed by atoms with Gasteiger partial charge in [-0.1, -0.05) is 32.4 Å². The van der Waals surface area contributed by atoms with Crippen LogP contribution in [0.3, 0.4) is 0 Å². The van der Waals surface area contributed by atoms with E-state index in [-0.39, 0.29) is 0 Å². The number of hydrogen-bond donors (Lipinski definition) is 0. The SMILES string of the molecule is CCC.CSc1cccc2ncccc12. The highest BCUT2D eigenvalue weighted by atomic mass is 32.2. The predicted molar refractivity (Wildman–Crippen MR) is 69.5 cm³/mol. The van der Waals surface area contributed by atoms with Crippen molar-refractivity contribution in [3.05, 3.63) is 36.5 Å². The predicted octanol–water partition coefficient (Wildman–Crippen LogP) is 4.37. The van der Waals surface area contributed by atoms with E-state index in [0.29, 0.717) is 0 Å². The summed E-state index contributed by atoms with van der Waals surface area (Å²) in [5.74, 6) is 0. The highest BCUT2D eigenvalue weighted by Crippen LogP contribution is 2.24. The Balaban J connectivity index is 0.000000337. The third-order valence-electron chi connectivity index (χ3n) is 1.83. The van der Waals surface area contributed by atoms with Gasteiger partial charge >= 0.3 is 0 Å². The molecular formula is C13H17NS. The van der Waals surface area contributed by atoms with Crippen molar-refractivity contribution in [2.45, 2.75) is 25.2 Å². The average molecular weight is 219 g/mol. The molecule has 0 spiro atoms. The van der Waals surface area contributed by atoms with Crippen LogP contribution in [0.2, 0.25) is 0 Å². The summed E-state index contributed by atoms with van der Waals surface area (Å²) in [5, 5.41) is 1.24. The summed E-state index contributed by atoms with van der Waals surface area (Å²) in [4.78, 5) is 5.57. The van der Waals surface area contributed by atoms with E-state index in [1.165, 1.54) is 16.7 Å². The van der Waals surface area contributed by atoms with E-state index >= 15 is 0 Å². The lowest BCUT2D eigenvalue weighted by Crippen LogP contribution is -1.78. The molecule has 0 aliphatic heterocycles. The molecule has 15 heavy (non-hydrogen) atoms. The fourth-order valence-corrected chi connectivity index (χ4v) is 1.86. The van der Waals surface area contributed by atoms with Crippen LogP contribution < -0.4 is 0 Å². The Labute approximate surface area is 95.9 Å². The highest BCUT2D eigenvalue weighted by Gasteiger charge is 1.97. The first kappa shape index (κ1) is 12.1. The lowest BCUT2D eigenvalue weighted by Gasteiger charge is -2.00.